The molecule has 6 aromatic rings. The zero-order valence-corrected chi connectivity index (χ0v) is 31.2. The number of aromatic hydroxyl groups is 1. The lowest BCUT2D eigenvalue weighted by Gasteiger charge is -2.09. The molecule has 0 aliphatic heterocycles. The van der Waals surface area contributed by atoms with Crippen molar-refractivity contribution in [3.8, 4) is 28.6 Å². The highest BCUT2D eigenvalue weighted by Crippen LogP contribution is 2.25. The van der Waals surface area contributed by atoms with Gasteiger partial charge in [-0.05, 0) is 110 Å². The van der Waals surface area contributed by atoms with E-state index in [2.05, 4.69) is 10.3 Å². The first-order valence-electron chi connectivity index (χ1n) is 18.6. The van der Waals surface area contributed by atoms with Crippen LogP contribution in [0.5, 0.6) is 17.2 Å². The number of ketones is 1. The van der Waals surface area contributed by atoms with Crippen molar-refractivity contribution in [3.63, 3.8) is 0 Å². The first-order valence-corrected chi connectivity index (χ1v) is 18.6. The molecular weight excluding hydrogens is 717 g/mol. The Kier molecular flexibility index (Phi) is 14.1. The van der Waals surface area contributed by atoms with E-state index in [1.54, 1.807) is 47.2 Å². The summed E-state index contributed by atoms with van der Waals surface area (Å²) in [6.45, 7) is 5.28. The minimum atomic E-state index is -0.485. The van der Waals surface area contributed by atoms with Crippen molar-refractivity contribution in [2.75, 3.05) is 39.6 Å². The van der Waals surface area contributed by atoms with Crippen LogP contribution >= 0.6 is 0 Å². The van der Waals surface area contributed by atoms with Crippen LogP contribution < -0.4 is 14.9 Å². The van der Waals surface area contributed by atoms with Crippen molar-refractivity contribution >= 4 is 22.8 Å². The molecule has 290 valence electrons. The molecule has 4 aromatic carbocycles. The van der Waals surface area contributed by atoms with Gasteiger partial charge in [0.05, 0.1) is 56.2 Å². The number of halogens is 1. The first-order chi connectivity index (χ1) is 27.3. The van der Waals surface area contributed by atoms with Gasteiger partial charge in [0, 0.05) is 17.8 Å². The highest BCUT2D eigenvalue weighted by atomic mass is 19.1. The Morgan fingerprint density at radius 3 is 2.36 bits per heavy atom. The standard InChI is InChI=1S/C44H44FN3O8/c1-2-31-8-17-40(49)38(27-31)41(50)18-9-32-6-13-36(14-7-32)54-21-4-3-5-35-30-48(47-46-35)20-22-52-23-24-53-25-26-55-37-15-10-33(11-16-37)44-29-42(51)39-28-34(45)12-19-43(39)56-44/h6-19,27-30,49H,2-5,20-26H2,1H3/b18-9+. The van der Waals surface area contributed by atoms with Gasteiger partial charge in [0.1, 0.15) is 41.0 Å². The maximum Gasteiger partial charge on any atom is 0.193 e. The van der Waals surface area contributed by atoms with E-state index in [0.29, 0.717) is 74.4 Å². The number of aryl methyl sites for hydroxylation is 2. The maximum absolute atomic E-state index is 13.5. The lowest BCUT2D eigenvalue weighted by atomic mass is 10.0. The first kappa shape index (κ1) is 39.6. The lowest BCUT2D eigenvalue weighted by Crippen LogP contribution is -2.13. The van der Waals surface area contributed by atoms with E-state index in [-0.39, 0.29) is 22.3 Å². The highest BCUT2D eigenvalue weighted by Gasteiger charge is 2.10. The quantitative estimate of drug-likeness (QED) is 0.0439. The maximum atomic E-state index is 13.5. The van der Waals surface area contributed by atoms with Crippen molar-refractivity contribution in [3.05, 3.63) is 142 Å². The van der Waals surface area contributed by atoms with Crippen molar-refractivity contribution in [2.45, 2.75) is 39.2 Å². The summed E-state index contributed by atoms with van der Waals surface area (Å²) < 4.78 is 44.0. The largest absolute Gasteiger partial charge is 0.507 e. The molecule has 0 aliphatic rings. The van der Waals surface area contributed by atoms with E-state index in [1.807, 2.05) is 43.5 Å². The molecule has 0 spiro atoms. The number of hydrogen-bond acceptors (Lipinski definition) is 10. The van der Waals surface area contributed by atoms with Gasteiger partial charge >= 0.3 is 0 Å². The van der Waals surface area contributed by atoms with E-state index < -0.39 is 5.82 Å². The Balaban J connectivity index is 0.784. The van der Waals surface area contributed by atoms with Crippen LogP contribution in [0, 0.1) is 5.82 Å². The van der Waals surface area contributed by atoms with Crippen LogP contribution in [0.4, 0.5) is 4.39 Å². The van der Waals surface area contributed by atoms with Gasteiger partial charge in [0.2, 0.25) is 0 Å². The Bertz CT molecular complexity index is 2280. The van der Waals surface area contributed by atoms with Crippen LogP contribution in [0.15, 0.2) is 112 Å². The fourth-order valence-corrected chi connectivity index (χ4v) is 5.78. The van der Waals surface area contributed by atoms with Crippen LogP contribution in [0.1, 0.15) is 46.9 Å². The Morgan fingerprint density at radius 2 is 1.57 bits per heavy atom. The van der Waals surface area contributed by atoms with Crippen LogP contribution in [-0.2, 0) is 28.9 Å². The molecule has 11 nitrogen and oxygen atoms in total. The SMILES string of the molecule is CCc1ccc(O)c(C(=O)/C=C/c2ccc(OCCCCc3cn(CCOCCOCCOc4ccc(-c5cc(=O)c6cc(F)ccc6o5)cc4)nn3)cc2)c1. The molecule has 0 aliphatic carbocycles. The predicted octanol–water partition coefficient (Wildman–Crippen LogP) is 7.87. The number of ether oxygens (including phenoxy) is 4. The molecule has 0 saturated carbocycles. The molecule has 6 rings (SSSR count). The number of rotatable bonds is 21. The molecule has 0 atom stereocenters. The summed E-state index contributed by atoms with van der Waals surface area (Å²) in [4.78, 5) is 25.0. The van der Waals surface area contributed by atoms with Gasteiger partial charge in [-0.15, -0.1) is 5.10 Å². The third kappa shape index (κ3) is 11.5. The number of hydrogen-bond donors (Lipinski definition) is 1. The number of benzene rings is 4. The van der Waals surface area contributed by atoms with Gasteiger partial charge in [-0.3, -0.25) is 9.59 Å². The van der Waals surface area contributed by atoms with Crippen LogP contribution in [0.2, 0.25) is 0 Å². The van der Waals surface area contributed by atoms with Gasteiger partial charge < -0.3 is 28.5 Å². The van der Waals surface area contributed by atoms with Crippen molar-refractivity contribution in [1.82, 2.24) is 15.0 Å². The van der Waals surface area contributed by atoms with Gasteiger partial charge in [-0.1, -0.05) is 36.4 Å². The van der Waals surface area contributed by atoms with Gasteiger partial charge in [0.15, 0.2) is 11.2 Å². The molecule has 0 radical (unpaired) electrons. The molecule has 2 heterocycles. The summed E-state index contributed by atoms with van der Waals surface area (Å²) in [5.41, 5.74) is 3.81. The second kappa shape index (κ2) is 20.0. The summed E-state index contributed by atoms with van der Waals surface area (Å²) in [7, 11) is 0. The van der Waals surface area contributed by atoms with E-state index >= 15 is 0 Å². The van der Waals surface area contributed by atoms with Gasteiger partial charge in [0.25, 0.3) is 0 Å². The van der Waals surface area contributed by atoms with Crippen molar-refractivity contribution in [2.24, 2.45) is 0 Å². The number of phenols is 1. The predicted molar refractivity (Wildman–Crippen MR) is 211 cm³/mol. The van der Waals surface area contributed by atoms with Gasteiger partial charge in [-0.2, -0.15) is 0 Å². The van der Waals surface area contributed by atoms with E-state index in [4.69, 9.17) is 23.4 Å². The van der Waals surface area contributed by atoms with Crippen molar-refractivity contribution in [1.29, 1.82) is 0 Å². The molecule has 0 fully saturated rings. The minimum Gasteiger partial charge on any atom is -0.507 e. The fraction of sp³-hybridized carbons (Fsp3) is 0.273. The molecule has 0 saturated heterocycles. The molecular formula is C44H44FN3O8. The Labute approximate surface area is 323 Å². The highest BCUT2D eigenvalue weighted by molar-refractivity contribution is 6.08. The summed E-state index contributed by atoms with van der Waals surface area (Å²) >= 11 is 0. The zero-order chi connectivity index (χ0) is 39.1. The average molecular weight is 762 g/mol. The normalized spacial score (nSPS) is 11.4. The number of nitrogens with zero attached hydrogens (tertiary/aromatic N) is 3. The van der Waals surface area contributed by atoms with Crippen LogP contribution in [0.3, 0.4) is 0 Å². The average Bonchev–Trinajstić information content (AvgIpc) is 3.67. The minimum absolute atomic E-state index is 0.0168. The molecule has 0 unspecified atom stereocenters. The molecule has 1 N–H and O–H groups in total. The number of phenolic OH excluding ortho intramolecular Hbond substituents is 1. The summed E-state index contributed by atoms with van der Waals surface area (Å²) in [5, 5.41) is 18.7. The van der Waals surface area contributed by atoms with Crippen molar-refractivity contribution < 1.29 is 37.7 Å². The molecule has 0 bridgehead atoms. The number of aromatic nitrogens is 3. The number of carbonyl (C=O) groups is 1. The summed E-state index contributed by atoms with van der Waals surface area (Å²) in [6.07, 6.45) is 8.49. The van der Waals surface area contributed by atoms with E-state index in [0.717, 1.165) is 48.3 Å². The smallest absolute Gasteiger partial charge is 0.193 e. The lowest BCUT2D eigenvalue weighted by molar-refractivity contribution is 0.0333. The second-order valence-electron chi connectivity index (χ2n) is 13.0. The monoisotopic (exact) mass is 761 g/mol. The topological polar surface area (TPSA) is 135 Å². The molecule has 56 heavy (non-hydrogen) atoms. The van der Waals surface area contributed by atoms with Crippen LogP contribution in [-0.4, -0.2) is 65.5 Å². The number of unbranched alkanes of at least 4 members (excludes halogenated alkanes) is 1. The third-order valence-corrected chi connectivity index (χ3v) is 8.89. The van der Waals surface area contributed by atoms with Gasteiger partial charge in [-0.25, -0.2) is 9.07 Å². The summed E-state index contributed by atoms with van der Waals surface area (Å²) in [5.74, 6) is 1.06. The fourth-order valence-electron chi connectivity index (χ4n) is 5.78. The van der Waals surface area contributed by atoms with E-state index in [1.165, 1.54) is 30.3 Å². The second-order valence-corrected chi connectivity index (χ2v) is 13.0. The summed E-state index contributed by atoms with van der Waals surface area (Å²) in [6, 6.07) is 25.0. The number of fused-ring (bicyclic) bond motifs is 1. The molecule has 12 heteroatoms. The number of carbonyl (C=O) groups excluding carboxylic acids is 1. The zero-order valence-electron chi connectivity index (χ0n) is 31.2. The van der Waals surface area contributed by atoms with Crippen LogP contribution in [0.25, 0.3) is 28.4 Å². The Hall–Kier alpha value is -6.11. The van der Waals surface area contributed by atoms with E-state index in [9.17, 15) is 19.1 Å². The third-order valence-electron chi connectivity index (χ3n) is 8.89. The molecule has 0 amide bonds. The number of allylic oxidation sites excluding steroid dienone is 1. The Morgan fingerprint density at radius 1 is 0.839 bits per heavy atom. The molecule has 2 aromatic heterocycles.